The van der Waals surface area contributed by atoms with Gasteiger partial charge in [0, 0.05) is 23.2 Å². The lowest BCUT2D eigenvalue weighted by Gasteiger charge is -2.20. The van der Waals surface area contributed by atoms with Crippen LogP contribution in [-0.4, -0.2) is 18.5 Å². The molecule has 1 atom stereocenters. The van der Waals surface area contributed by atoms with Crippen LogP contribution in [0.1, 0.15) is 23.6 Å². The highest BCUT2D eigenvalue weighted by Crippen LogP contribution is 2.18. The monoisotopic (exact) mass is 306 g/mol. The van der Waals surface area contributed by atoms with Crippen LogP contribution in [0.3, 0.4) is 0 Å². The molecular formula is C17H20ClFN2. The van der Waals surface area contributed by atoms with Gasteiger partial charge in [-0.1, -0.05) is 41.9 Å². The van der Waals surface area contributed by atoms with Gasteiger partial charge in [0.15, 0.2) is 0 Å². The maximum Gasteiger partial charge on any atom is 0.127 e. The maximum absolute atomic E-state index is 13.6. The Morgan fingerprint density at radius 3 is 2.48 bits per heavy atom. The van der Waals surface area contributed by atoms with Crippen molar-refractivity contribution in [3.63, 3.8) is 0 Å². The molecule has 2 aromatic rings. The van der Waals surface area contributed by atoms with Crippen molar-refractivity contribution in [3.05, 3.63) is 70.5 Å². The SMILES string of the molecule is CN(CCC(N)c1ccc(Cl)cc1)Cc1ccccc1F. The first kappa shape index (κ1) is 16.0. The molecule has 0 radical (unpaired) electrons. The number of hydrogen-bond donors (Lipinski definition) is 1. The van der Waals surface area contributed by atoms with E-state index in [9.17, 15) is 4.39 Å². The number of rotatable bonds is 6. The molecule has 0 bridgehead atoms. The highest BCUT2D eigenvalue weighted by Gasteiger charge is 2.09. The Bertz CT molecular complexity index is 571. The lowest BCUT2D eigenvalue weighted by Crippen LogP contribution is -2.23. The summed E-state index contributed by atoms with van der Waals surface area (Å²) >= 11 is 5.86. The zero-order valence-corrected chi connectivity index (χ0v) is 12.9. The average Bonchev–Trinajstić information content (AvgIpc) is 2.48. The van der Waals surface area contributed by atoms with Crippen LogP contribution in [0.25, 0.3) is 0 Å². The summed E-state index contributed by atoms with van der Waals surface area (Å²) in [6.45, 7) is 1.39. The molecule has 2 rings (SSSR count). The molecule has 1 unspecified atom stereocenters. The predicted molar refractivity (Wildman–Crippen MR) is 85.7 cm³/mol. The van der Waals surface area contributed by atoms with Crippen molar-refractivity contribution in [2.24, 2.45) is 5.73 Å². The third kappa shape index (κ3) is 4.81. The fraction of sp³-hybridized carbons (Fsp3) is 0.294. The molecule has 0 spiro atoms. The van der Waals surface area contributed by atoms with Crippen LogP contribution in [0.2, 0.25) is 5.02 Å². The van der Waals surface area contributed by atoms with Gasteiger partial charge in [0.1, 0.15) is 5.82 Å². The van der Waals surface area contributed by atoms with Crippen LogP contribution >= 0.6 is 11.6 Å². The average molecular weight is 307 g/mol. The number of halogens is 2. The minimum Gasteiger partial charge on any atom is -0.324 e. The zero-order valence-electron chi connectivity index (χ0n) is 12.1. The second-order valence-electron chi connectivity index (χ2n) is 5.28. The van der Waals surface area contributed by atoms with Gasteiger partial charge in [0.05, 0.1) is 0 Å². The van der Waals surface area contributed by atoms with E-state index in [1.54, 1.807) is 6.07 Å². The van der Waals surface area contributed by atoms with Gasteiger partial charge in [-0.3, -0.25) is 0 Å². The van der Waals surface area contributed by atoms with Crippen LogP contribution in [0, 0.1) is 5.82 Å². The zero-order chi connectivity index (χ0) is 15.2. The van der Waals surface area contributed by atoms with E-state index in [1.165, 1.54) is 6.07 Å². The van der Waals surface area contributed by atoms with E-state index >= 15 is 0 Å². The van der Waals surface area contributed by atoms with Gasteiger partial charge in [-0.2, -0.15) is 0 Å². The fourth-order valence-electron chi connectivity index (χ4n) is 2.23. The second kappa shape index (κ2) is 7.55. The van der Waals surface area contributed by atoms with E-state index in [0.717, 1.165) is 18.5 Å². The summed E-state index contributed by atoms with van der Waals surface area (Å²) in [5.74, 6) is -0.161. The molecule has 112 valence electrons. The number of benzene rings is 2. The van der Waals surface area contributed by atoms with E-state index in [4.69, 9.17) is 17.3 Å². The summed E-state index contributed by atoms with van der Waals surface area (Å²) in [5.41, 5.74) is 7.95. The molecule has 21 heavy (non-hydrogen) atoms. The lowest BCUT2D eigenvalue weighted by atomic mass is 10.0. The van der Waals surface area contributed by atoms with Crippen LogP contribution in [-0.2, 0) is 6.54 Å². The molecule has 2 nitrogen and oxygen atoms in total. The van der Waals surface area contributed by atoms with Crippen molar-refractivity contribution >= 4 is 11.6 Å². The Morgan fingerprint density at radius 2 is 1.81 bits per heavy atom. The first-order valence-electron chi connectivity index (χ1n) is 6.99. The van der Waals surface area contributed by atoms with Crippen molar-refractivity contribution in [3.8, 4) is 0 Å². The van der Waals surface area contributed by atoms with Gasteiger partial charge in [-0.25, -0.2) is 4.39 Å². The van der Waals surface area contributed by atoms with Gasteiger partial charge in [-0.05, 0) is 43.8 Å². The lowest BCUT2D eigenvalue weighted by molar-refractivity contribution is 0.307. The molecule has 0 fully saturated rings. The van der Waals surface area contributed by atoms with Crippen molar-refractivity contribution in [1.29, 1.82) is 0 Å². The van der Waals surface area contributed by atoms with Gasteiger partial charge in [0.2, 0.25) is 0 Å². The molecule has 0 aliphatic heterocycles. The first-order valence-corrected chi connectivity index (χ1v) is 7.37. The summed E-state index contributed by atoms with van der Waals surface area (Å²) in [5, 5.41) is 0.711. The summed E-state index contributed by atoms with van der Waals surface area (Å²) < 4.78 is 13.6. The fourth-order valence-corrected chi connectivity index (χ4v) is 2.36. The van der Waals surface area contributed by atoms with E-state index in [-0.39, 0.29) is 11.9 Å². The maximum atomic E-state index is 13.6. The molecule has 0 amide bonds. The Balaban J connectivity index is 1.85. The molecule has 0 saturated heterocycles. The van der Waals surface area contributed by atoms with Crippen molar-refractivity contribution in [2.75, 3.05) is 13.6 Å². The van der Waals surface area contributed by atoms with Crippen LogP contribution < -0.4 is 5.73 Å². The summed E-state index contributed by atoms with van der Waals surface area (Å²) in [4.78, 5) is 2.08. The van der Waals surface area contributed by atoms with Gasteiger partial charge in [0.25, 0.3) is 0 Å². The van der Waals surface area contributed by atoms with Crippen LogP contribution in [0.5, 0.6) is 0 Å². The number of hydrogen-bond acceptors (Lipinski definition) is 2. The molecule has 0 saturated carbocycles. The minimum atomic E-state index is -0.161. The Hall–Kier alpha value is -1.42. The second-order valence-corrected chi connectivity index (χ2v) is 5.71. The van der Waals surface area contributed by atoms with Crippen molar-refractivity contribution in [2.45, 2.75) is 19.0 Å². The number of nitrogens with two attached hydrogens (primary N) is 1. The summed E-state index contributed by atoms with van der Waals surface area (Å²) in [7, 11) is 1.97. The summed E-state index contributed by atoms with van der Waals surface area (Å²) in [6.07, 6.45) is 0.812. The third-order valence-electron chi connectivity index (χ3n) is 3.52. The van der Waals surface area contributed by atoms with Gasteiger partial charge < -0.3 is 10.6 Å². The molecule has 0 aromatic heterocycles. The molecule has 0 aliphatic carbocycles. The van der Waals surface area contributed by atoms with E-state index in [1.807, 2.05) is 43.4 Å². The molecule has 2 N–H and O–H groups in total. The highest BCUT2D eigenvalue weighted by molar-refractivity contribution is 6.30. The quantitative estimate of drug-likeness (QED) is 0.874. The number of nitrogens with zero attached hydrogens (tertiary/aromatic N) is 1. The molecule has 2 aromatic carbocycles. The van der Waals surface area contributed by atoms with E-state index in [0.29, 0.717) is 17.1 Å². The largest absolute Gasteiger partial charge is 0.324 e. The van der Waals surface area contributed by atoms with Gasteiger partial charge in [-0.15, -0.1) is 0 Å². The molecule has 0 aliphatic rings. The van der Waals surface area contributed by atoms with Crippen molar-refractivity contribution < 1.29 is 4.39 Å². The first-order chi connectivity index (χ1) is 10.1. The molecule has 4 heteroatoms. The molecular weight excluding hydrogens is 287 g/mol. The molecule has 0 heterocycles. The smallest absolute Gasteiger partial charge is 0.127 e. The highest BCUT2D eigenvalue weighted by atomic mass is 35.5. The Labute approximate surface area is 130 Å². The van der Waals surface area contributed by atoms with Crippen molar-refractivity contribution in [1.82, 2.24) is 4.90 Å². The van der Waals surface area contributed by atoms with Crippen LogP contribution in [0.4, 0.5) is 4.39 Å². The van der Waals surface area contributed by atoms with E-state index in [2.05, 4.69) is 4.90 Å². The standard InChI is InChI=1S/C17H20ClFN2/c1-21(12-14-4-2-3-5-16(14)19)11-10-17(20)13-6-8-15(18)9-7-13/h2-9,17H,10-12,20H2,1H3. The van der Waals surface area contributed by atoms with Crippen LogP contribution in [0.15, 0.2) is 48.5 Å². The summed E-state index contributed by atoms with van der Waals surface area (Å²) in [6, 6.07) is 14.4. The predicted octanol–water partition coefficient (Wildman–Crippen LogP) is 4.00. The minimum absolute atomic E-state index is 0.0367. The Kier molecular flexibility index (Phi) is 5.74. The van der Waals surface area contributed by atoms with Gasteiger partial charge >= 0.3 is 0 Å². The Morgan fingerprint density at radius 1 is 1.14 bits per heavy atom. The third-order valence-corrected chi connectivity index (χ3v) is 3.77. The topological polar surface area (TPSA) is 29.3 Å². The normalized spacial score (nSPS) is 12.6. The van der Waals surface area contributed by atoms with E-state index < -0.39 is 0 Å².